The molecule has 1 rings (SSSR count). The Bertz CT molecular complexity index is 587. The Hall–Kier alpha value is -0.900. The van der Waals surface area contributed by atoms with Crippen LogP contribution in [-0.4, -0.2) is 42.0 Å². The van der Waals surface area contributed by atoms with Crippen molar-refractivity contribution >= 4 is 47.2 Å². The standard InChI is InChI=1S/C18H33N5OS.HI/c1-8-19-16(21-11-14(24)23-18(5,6)7)20-10-9-15-22-13(12-25-15)17(2,3)4;/h12H,8-11H2,1-7H3,(H,23,24)(H2,19,20,21);1H. The van der Waals surface area contributed by atoms with Gasteiger partial charge in [0.15, 0.2) is 5.96 Å². The molecular weight excluding hydrogens is 461 g/mol. The third-order valence-electron chi connectivity index (χ3n) is 3.19. The largest absolute Gasteiger partial charge is 0.357 e. The summed E-state index contributed by atoms with van der Waals surface area (Å²) in [7, 11) is 0. The van der Waals surface area contributed by atoms with Crippen LogP contribution in [0.1, 0.15) is 59.2 Å². The molecule has 0 aliphatic heterocycles. The minimum absolute atomic E-state index is 0. The van der Waals surface area contributed by atoms with Crippen LogP contribution < -0.4 is 16.0 Å². The third kappa shape index (κ3) is 10.3. The number of aliphatic imine (C=N–C) groups is 1. The van der Waals surface area contributed by atoms with Gasteiger partial charge in [-0.1, -0.05) is 20.8 Å². The van der Waals surface area contributed by atoms with Gasteiger partial charge in [0.2, 0.25) is 5.91 Å². The zero-order valence-corrected chi connectivity index (χ0v) is 20.2. The lowest BCUT2D eigenvalue weighted by atomic mass is 9.93. The molecule has 0 aromatic carbocycles. The summed E-state index contributed by atoms with van der Waals surface area (Å²) in [6.07, 6.45) is 0.833. The Labute approximate surface area is 179 Å². The Balaban J connectivity index is 0.00000625. The number of hydrogen-bond donors (Lipinski definition) is 3. The van der Waals surface area contributed by atoms with E-state index in [1.165, 1.54) is 0 Å². The fraction of sp³-hybridized carbons (Fsp3) is 0.722. The van der Waals surface area contributed by atoms with Crippen molar-refractivity contribution in [3.63, 3.8) is 0 Å². The summed E-state index contributed by atoms with van der Waals surface area (Å²) in [5, 5.41) is 12.6. The maximum Gasteiger partial charge on any atom is 0.242 e. The molecule has 8 heteroatoms. The fourth-order valence-electron chi connectivity index (χ4n) is 2.01. The van der Waals surface area contributed by atoms with Gasteiger partial charge in [0, 0.05) is 35.8 Å². The van der Waals surface area contributed by atoms with Crippen molar-refractivity contribution in [2.45, 2.75) is 65.8 Å². The molecule has 1 heterocycles. The monoisotopic (exact) mass is 495 g/mol. The second-order valence-electron chi connectivity index (χ2n) is 8.05. The highest BCUT2D eigenvalue weighted by molar-refractivity contribution is 14.0. The van der Waals surface area contributed by atoms with Gasteiger partial charge in [-0.05, 0) is 27.7 Å². The summed E-state index contributed by atoms with van der Waals surface area (Å²) >= 11 is 1.69. The van der Waals surface area contributed by atoms with E-state index in [-0.39, 0.29) is 47.4 Å². The van der Waals surface area contributed by atoms with Gasteiger partial charge >= 0.3 is 0 Å². The number of carbonyl (C=O) groups is 1. The number of carbonyl (C=O) groups excluding carboxylic acids is 1. The summed E-state index contributed by atoms with van der Waals surface area (Å²) in [4.78, 5) is 20.9. The predicted molar refractivity (Wildman–Crippen MR) is 122 cm³/mol. The van der Waals surface area contributed by atoms with Crippen molar-refractivity contribution in [2.75, 3.05) is 19.6 Å². The maximum atomic E-state index is 11.9. The topological polar surface area (TPSA) is 78.4 Å². The van der Waals surface area contributed by atoms with Crippen LogP contribution in [-0.2, 0) is 16.6 Å². The predicted octanol–water partition coefficient (Wildman–Crippen LogP) is 3.07. The first kappa shape index (κ1) is 25.1. The van der Waals surface area contributed by atoms with Gasteiger partial charge in [-0.3, -0.25) is 4.79 Å². The zero-order valence-electron chi connectivity index (χ0n) is 17.0. The average Bonchev–Trinajstić information content (AvgIpc) is 2.92. The van der Waals surface area contributed by atoms with Crippen LogP contribution >= 0.6 is 35.3 Å². The number of hydrogen-bond acceptors (Lipinski definition) is 4. The molecule has 0 spiro atoms. The van der Waals surface area contributed by atoms with Gasteiger partial charge in [0.1, 0.15) is 6.54 Å². The molecule has 0 saturated heterocycles. The van der Waals surface area contributed by atoms with Gasteiger partial charge in [-0.2, -0.15) is 0 Å². The molecule has 150 valence electrons. The number of amides is 1. The molecule has 1 aromatic heterocycles. The summed E-state index contributed by atoms with van der Waals surface area (Å²) < 4.78 is 0. The number of guanidine groups is 1. The smallest absolute Gasteiger partial charge is 0.242 e. The maximum absolute atomic E-state index is 11.9. The van der Waals surface area contributed by atoms with Gasteiger partial charge < -0.3 is 16.0 Å². The van der Waals surface area contributed by atoms with Crippen LogP contribution in [0.25, 0.3) is 0 Å². The highest BCUT2D eigenvalue weighted by Gasteiger charge is 2.17. The quantitative estimate of drug-likeness (QED) is 0.322. The lowest BCUT2D eigenvalue weighted by molar-refractivity contribution is -0.121. The Morgan fingerprint density at radius 3 is 2.35 bits per heavy atom. The van der Waals surface area contributed by atoms with Gasteiger partial charge in [-0.15, -0.1) is 35.3 Å². The molecule has 0 aliphatic rings. The van der Waals surface area contributed by atoms with E-state index in [1.807, 2.05) is 27.7 Å². The highest BCUT2D eigenvalue weighted by atomic mass is 127. The number of rotatable bonds is 6. The molecule has 0 fully saturated rings. The van der Waals surface area contributed by atoms with Crippen molar-refractivity contribution < 1.29 is 4.79 Å². The van der Waals surface area contributed by atoms with Crippen LogP contribution in [0.5, 0.6) is 0 Å². The van der Waals surface area contributed by atoms with Gasteiger partial charge in [0.05, 0.1) is 10.7 Å². The van der Waals surface area contributed by atoms with Crippen LogP contribution in [0.15, 0.2) is 10.4 Å². The normalized spacial score (nSPS) is 12.3. The van der Waals surface area contributed by atoms with E-state index in [9.17, 15) is 4.79 Å². The molecule has 0 saturated carbocycles. The van der Waals surface area contributed by atoms with Gasteiger partial charge in [0.25, 0.3) is 0 Å². The minimum atomic E-state index is -0.242. The second kappa shape index (κ2) is 11.1. The molecule has 1 amide bonds. The van der Waals surface area contributed by atoms with E-state index >= 15 is 0 Å². The average molecular weight is 495 g/mol. The van der Waals surface area contributed by atoms with Crippen molar-refractivity contribution in [2.24, 2.45) is 4.99 Å². The Morgan fingerprint density at radius 1 is 1.19 bits per heavy atom. The van der Waals surface area contributed by atoms with E-state index in [4.69, 9.17) is 4.98 Å². The molecule has 0 bridgehead atoms. The highest BCUT2D eigenvalue weighted by Crippen LogP contribution is 2.23. The van der Waals surface area contributed by atoms with Crippen molar-refractivity contribution in [3.05, 3.63) is 16.1 Å². The Morgan fingerprint density at radius 2 is 1.85 bits per heavy atom. The van der Waals surface area contributed by atoms with E-state index in [0.717, 1.165) is 30.2 Å². The molecule has 1 aromatic rings. The van der Waals surface area contributed by atoms with Crippen LogP contribution in [0, 0.1) is 0 Å². The number of aromatic nitrogens is 1. The van der Waals surface area contributed by atoms with E-state index < -0.39 is 0 Å². The molecule has 0 radical (unpaired) electrons. The summed E-state index contributed by atoms with van der Waals surface area (Å²) in [5.74, 6) is 0.568. The van der Waals surface area contributed by atoms with Crippen LogP contribution in [0.4, 0.5) is 0 Å². The number of nitrogens with zero attached hydrogens (tertiary/aromatic N) is 2. The fourth-order valence-corrected chi connectivity index (χ4v) is 3.03. The molecule has 0 aliphatic carbocycles. The molecule has 26 heavy (non-hydrogen) atoms. The van der Waals surface area contributed by atoms with E-state index in [2.05, 4.69) is 47.1 Å². The molecule has 0 unspecified atom stereocenters. The SMILES string of the molecule is CCNC(=NCC(=O)NC(C)(C)C)NCCc1nc(C(C)(C)C)cs1.I. The minimum Gasteiger partial charge on any atom is -0.357 e. The van der Waals surface area contributed by atoms with Crippen molar-refractivity contribution in [1.29, 1.82) is 0 Å². The first-order valence-corrected chi connectivity index (χ1v) is 9.67. The first-order chi connectivity index (χ1) is 11.5. The van der Waals surface area contributed by atoms with Gasteiger partial charge in [-0.25, -0.2) is 9.98 Å². The summed E-state index contributed by atoms with van der Waals surface area (Å²) in [6, 6.07) is 0. The number of nitrogens with one attached hydrogen (secondary N) is 3. The third-order valence-corrected chi connectivity index (χ3v) is 4.10. The van der Waals surface area contributed by atoms with Crippen molar-refractivity contribution in [3.8, 4) is 0 Å². The lowest BCUT2D eigenvalue weighted by Gasteiger charge is -2.20. The molecule has 3 N–H and O–H groups in total. The van der Waals surface area contributed by atoms with Crippen molar-refractivity contribution in [1.82, 2.24) is 20.9 Å². The summed E-state index contributed by atoms with van der Waals surface area (Å²) in [6.45, 7) is 16.0. The Kier molecular flexibility index (Phi) is 10.7. The van der Waals surface area contributed by atoms with E-state index in [0.29, 0.717) is 5.96 Å². The van der Waals surface area contributed by atoms with E-state index in [1.54, 1.807) is 11.3 Å². The summed E-state index contributed by atoms with van der Waals surface area (Å²) in [5.41, 5.74) is 0.972. The number of halogens is 1. The number of thiazole rings is 1. The second-order valence-corrected chi connectivity index (χ2v) is 8.99. The molecule has 6 nitrogen and oxygen atoms in total. The molecular formula is C18H34IN5OS. The zero-order chi connectivity index (χ0) is 19.1. The lowest BCUT2D eigenvalue weighted by Crippen LogP contribution is -2.43. The molecule has 0 atom stereocenters. The van der Waals surface area contributed by atoms with Crippen LogP contribution in [0.3, 0.4) is 0 Å². The van der Waals surface area contributed by atoms with Crippen LogP contribution in [0.2, 0.25) is 0 Å². The first-order valence-electron chi connectivity index (χ1n) is 8.79.